The Balaban J connectivity index is 1.59. The Labute approximate surface area is 155 Å². The van der Waals surface area contributed by atoms with Gasteiger partial charge in [0, 0.05) is 28.7 Å². The summed E-state index contributed by atoms with van der Waals surface area (Å²) in [5, 5.41) is 6.82. The third-order valence-electron chi connectivity index (χ3n) is 4.07. The van der Waals surface area contributed by atoms with Crippen LogP contribution in [-0.4, -0.2) is 16.0 Å². The number of nitrogens with zero attached hydrogens (tertiary/aromatic N) is 2. The SMILES string of the molecule is Brc1cccc(CNc2cc(-c3ccccc3)nc(NC3CC3)n2)c1. The van der Waals surface area contributed by atoms with Crippen molar-refractivity contribution in [1.82, 2.24) is 9.97 Å². The molecule has 1 aromatic heterocycles. The second kappa shape index (κ2) is 7.23. The van der Waals surface area contributed by atoms with Crippen molar-refractivity contribution in [2.45, 2.75) is 25.4 Å². The van der Waals surface area contributed by atoms with Gasteiger partial charge in [0.15, 0.2) is 0 Å². The van der Waals surface area contributed by atoms with E-state index in [0.29, 0.717) is 18.5 Å². The van der Waals surface area contributed by atoms with Crippen LogP contribution >= 0.6 is 15.9 Å². The number of hydrogen-bond donors (Lipinski definition) is 2. The first-order valence-electron chi connectivity index (χ1n) is 8.46. The fraction of sp³-hybridized carbons (Fsp3) is 0.200. The van der Waals surface area contributed by atoms with Crippen molar-refractivity contribution in [2.75, 3.05) is 10.6 Å². The fourth-order valence-electron chi connectivity index (χ4n) is 2.61. The van der Waals surface area contributed by atoms with Crippen LogP contribution in [0.3, 0.4) is 0 Å². The van der Waals surface area contributed by atoms with E-state index in [1.165, 1.54) is 18.4 Å². The van der Waals surface area contributed by atoms with Crippen molar-refractivity contribution in [3.05, 3.63) is 70.7 Å². The van der Waals surface area contributed by atoms with Crippen LogP contribution < -0.4 is 10.6 Å². The summed E-state index contributed by atoms with van der Waals surface area (Å²) in [6.45, 7) is 0.716. The van der Waals surface area contributed by atoms with E-state index in [4.69, 9.17) is 0 Å². The number of halogens is 1. The Morgan fingerprint density at radius 1 is 0.960 bits per heavy atom. The van der Waals surface area contributed by atoms with Gasteiger partial charge < -0.3 is 10.6 Å². The molecule has 0 saturated heterocycles. The molecule has 1 saturated carbocycles. The van der Waals surface area contributed by atoms with Gasteiger partial charge in [0.2, 0.25) is 5.95 Å². The molecule has 25 heavy (non-hydrogen) atoms. The van der Waals surface area contributed by atoms with Gasteiger partial charge in [0.1, 0.15) is 5.82 Å². The number of nitrogens with one attached hydrogen (secondary N) is 2. The fourth-order valence-corrected chi connectivity index (χ4v) is 3.06. The lowest BCUT2D eigenvalue weighted by atomic mass is 10.1. The second-order valence-corrected chi connectivity index (χ2v) is 7.15. The summed E-state index contributed by atoms with van der Waals surface area (Å²) in [5.41, 5.74) is 3.22. The zero-order valence-electron chi connectivity index (χ0n) is 13.7. The first-order valence-corrected chi connectivity index (χ1v) is 9.25. The van der Waals surface area contributed by atoms with Gasteiger partial charge in [-0.2, -0.15) is 4.98 Å². The van der Waals surface area contributed by atoms with Crippen molar-refractivity contribution in [3.8, 4) is 11.3 Å². The van der Waals surface area contributed by atoms with Gasteiger partial charge >= 0.3 is 0 Å². The molecule has 0 unspecified atom stereocenters. The molecule has 0 spiro atoms. The molecule has 1 aliphatic rings. The highest BCUT2D eigenvalue weighted by atomic mass is 79.9. The van der Waals surface area contributed by atoms with E-state index in [-0.39, 0.29) is 0 Å². The average molecular weight is 395 g/mol. The molecule has 5 heteroatoms. The van der Waals surface area contributed by atoms with Gasteiger partial charge in [-0.25, -0.2) is 4.98 Å². The Morgan fingerprint density at radius 3 is 2.56 bits per heavy atom. The highest BCUT2D eigenvalue weighted by Crippen LogP contribution is 2.26. The van der Waals surface area contributed by atoms with Crippen LogP contribution in [0.25, 0.3) is 11.3 Å². The summed E-state index contributed by atoms with van der Waals surface area (Å²) in [6, 6.07) is 21.0. The van der Waals surface area contributed by atoms with E-state index in [1.54, 1.807) is 0 Å². The summed E-state index contributed by atoms with van der Waals surface area (Å²) < 4.78 is 1.08. The van der Waals surface area contributed by atoms with Gasteiger partial charge in [-0.15, -0.1) is 0 Å². The quantitative estimate of drug-likeness (QED) is 0.610. The van der Waals surface area contributed by atoms with Crippen LogP contribution in [0.5, 0.6) is 0 Å². The molecule has 0 amide bonds. The zero-order chi connectivity index (χ0) is 17.1. The minimum atomic E-state index is 0.518. The summed E-state index contributed by atoms with van der Waals surface area (Å²) in [5.74, 6) is 1.53. The summed E-state index contributed by atoms with van der Waals surface area (Å²) in [7, 11) is 0. The normalized spacial score (nSPS) is 13.5. The molecule has 3 aromatic rings. The molecule has 1 aliphatic carbocycles. The van der Waals surface area contributed by atoms with Crippen molar-refractivity contribution >= 4 is 27.7 Å². The lowest BCUT2D eigenvalue weighted by Crippen LogP contribution is -2.09. The minimum Gasteiger partial charge on any atom is -0.366 e. The topological polar surface area (TPSA) is 49.8 Å². The van der Waals surface area contributed by atoms with Gasteiger partial charge in [0.25, 0.3) is 0 Å². The van der Waals surface area contributed by atoms with Crippen molar-refractivity contribution in [3.63, 3.8) is 0 Å². The van der Waals surface area contributed by atoms with Crippen LogP contribution in [0.4, 0.5) is 11.8 Å². The molecule has 2 N–H and O–H groups in total. The van der Waals surface area contributed by atoms with E-state index in [1.807, 2.05) is 36.4 Å². The highest BCUT2D eigenvalue weighted by Gasteiger charge is 2.22. The van der Waals surface area contributed by atoms with E-state index in [0.717, 1.165) is 21.5 Å². The molecule has 1 heterocycles. The molecule has 0 radical (unpaired) electrons. The van der Waals surface area contributed by atoms with Crippen molar-refractivity contribution in [1.29, 1.82) is 0 Å². The molecular formula is C20H19BrN4. The zero-order valence-corrected chi connectivity index (χ0v) is 15.3. The molecule has 1 fully saturated rings. The number of anilines is 2. The average Bonchev–Trinajstić information content (AvgIpc) is 3.45. The van der Waals surface area contributed by atoms with Crippen LogP contribution in [0.1, 0.15) is 18.4 Å². The Hall–Kier alpha value is -2.40. The van der Waals surface area contributed by atoms with Crippen LogP contribution in [0.15, 0.2) is 65.1 Å². The molecule has 0 aliphatic heterocycles. The summed E-state index contributed by atoms with van der Waals surface area (Å²) in [6.07, 6.45) is 2.39. The van der Waals surface area contributed by atoms with Crippen LogP contribution in [0.2, 0.25) is 0 Å². The molecule has 0 atom stereocenters. The van der Waals surface area contributed by atoms with Gasteiger partial charge in [-0.3, -0.25) is 0 Å². The third kappa shape index (κ3) is 4.37. The number of aromatic nitrogens is 2. The molecule has 0 bridgehead atoms. The van der Waals surface area contributed by atoms with E-state index in [2.05, 4.69) is 60.8 Å². The maximum atomic E-state index is 4.68. The van der Waals surface area contributed by atoms with Crippen molar-refractivity contribution in [2.24, 2.45) is 0 Å². The second-order valence-electron chi connectivity index (χ2n) is 6.23. The smallest absolute Gasteiger partial charge is 0.225 e. The predicted octanol–water partition coefficient (Wildman–Crippen LogP) is 5.09. The largest absolute Gasteiger partial charge is 0.366 e. The van der Waals surface area contributed by atoms with E-state index in [9.17, 15) is 0 Å². The highest BCUT2D eigenvalue weighted by molar-refractivity contribution is 9.10. The maximum absolute atomic E-state index is 4.68. The first kappa shape index (κ1) is 16.1. The monoisotopic (exact) mass is 394 g/mol. The van der Waals surface area contributed by atoms with E-state index >= 15 is 0 Å². The predicted molar refractivity (Wildman–Crippen MR) is 106 cm³/mol. The van der Waals surface area contributed by atoms with Gasteiger partial charge in [0.05, 0.1) is 5.69 Å². The number of rotatable bonds is 6. The first-order chi connectivity index (χ1) is 12.3. The Kier molecular flexibility index (Phi) is 4.65. The maximum Gasteiger partial charge on any atom is 0.225 e. The molecule has 4 nitrogen and oxygen atoms in total. The Bertz CT molecular complexity index is 863. The summed E-state index contributed by atoms with van der Waals surface area (Å²) >= 11 is 3.51. The lowest BCUT2D eigenvalue weighted by molar-refractivity contribution is 1.04. The molecule has 126 valence electrons. The standard InChI is InChI=1S/C20H19BrN4/c21-16-8-4-5-14(11-16)13-22-19-12-18(15-6-2-1-3-7-15)24-20(25-19)23-17-9-10-17/h1-8,11-12,17H,9-10,13H2,(H2,22,23,24,25). The van der Waals surface area contributed by atoms with Crippen LogP contribution in [0, 0.1) is 0 Å². The van der Waals surface area contributed by atoms with Gasteiger partial charge in [-0.05, 0) is 30.5 Å². The van der Waals surface area contributed by atoms with Crippen molar-refractivity contribution < 1.29 is 0 Å². The van der Waals surface area contributed by atoms with E-state index < -0.39 is 0 Å². The Morgan fingerprint density at radius 2 is 1.80 bits per heavy atom. The summed E-state index contributed by atoms with van der Waals surface area (Å²) in [4.78, 5) is 9.31. The van der Waals surface area contributed by atoms with Gasteiger partial charge in [-0.1, -0.05) is 58.4 Å². The number of benzene rings is 2. The lowest BCUT2D eigenvalue weighted by Gasteiger charge is -2.11. The molecular weight excluding hydrogens is 376 g/mol. The molecule has 2 aromatic carbocycles. The third-order valence-corrected chi connectivity index (χ3v) is 4.56. The minimum absolute atomic E-state index is 0.518. The van der Waals surface area contributed by atoms with Crippen LogP contribution in [-0.2, 0) is 6.54 Å². The molecule has 4 rings (SSSR count). The number of hydrogen-bond acceptors (Lipinski definition) is 4.